The summed E-state index contributed by atoms with van der Waals surface area (Å²) in [6.45, 7) is -0.592. The Morgan fingerprint density at radius 2 is 1.48 bits per heavy atom. The van der Waals surface area contributed by atoms with Gasteiger partial charge in [0, 0.05) is 22.2 Å². The normalized spacial score (nSPS) is 12.5. The number of fused-ring (bicyclic) bond motifs is 1. The molecule has 3 aromatic rings. The lowest BCUT2D eigenvalue weighted by Crippen LogP contribution is -2.29. The number of esters is 1. The minimum atomic E-state index is -0.851. The molecule has 1 heterocycles. The summed E-state index contributed by atoms with van der Waals surface area (Å²) in [5.74, 6) is -2.48. The number of nitro groups is 1. The molecule has 9 nitrogen and oxygen atoms in total. The Morgan fingerprint density at radius 1 is 0.879 bits per heavy atom. The highest BCUT2D eigenvalue weighted by Crippen LogP contribution is 2.30. The first kappa shape index (κ1) is 22.0. The van der Waals surface area contributed by atoms with Gasteiger partial charge in [-0.05, 0) is 54.6 Å². The number of anilines is 1. The lowest BCUT2D eigenvalue weighted by molar-refractivity contribution is -0.384. The van der Waals surface area contributed by atoms with Crippen molar-refractivity contribution in [3.05, 3.63) is 104 Å². The predicted octanol–water partition coefficient (Wildman–Crippen LogP) is 4.20. The summed E-state index contributed by atoms with van der Waals surface area (Å²) >= 11 is 3.30. The highest BCUT2D eigenvalue weighted by Gasteiger charge is 2.37. The number of amides is 2. The van der Waals surface area contributed by atoms with Crippen molar-refractivity contribution in [1.29, 1.82) is 0 Å². The van der Waals surface area contributed by atoms with E-state index < -0.39 is 35.1 Å². The average Bonchev–Trinajstić information content (AvgIpc) is 3.07. The molecule has 0 aromatic heterocycles. The van der Waals surface area contributed by atoms with Crippen LogP contribution in [0.3, 0.4) is 0 Å². The third kappa shape index (κ3) is 4.28. The first-order valence-corrected chi connectivity index (χ1v) is 10.3. The number of halogens is 1. The second-order valence-corrected chi connectivity index (χ2v) is 7.90. The summed E-state index contributed by atoms with van der Waals surface area (Å²) in [5, 5.41) is 10.7. The SMILES string of the molecule is O=C(COC(=O)c1ccc2c(c1)C(=O)N(c1ccc(Br)cc1)C2=O)c1ccc([N+](=O)[O-])cc1. The number of nitrogens with zero attached hydrogens (tertiary/aromatic N) is 2. The summed E-state index contributed by atoms with van der Waals surface area (Å²) in [6.07, 6.45) is 0. The summed E-state index contributed by atoms with van der Waals surface area (Å²) in [6, 6.07) is 15.5. The fraction of sp³-hybridized carbons (Fsp3) is 0.0435. The molecule has 1 aliphatic rings. The van der Waals surface area contributed by atoms with Gasteiger partial charge in [-0.15, -0.1) is 0 Å². The second kappa shape index (κ2) is 8.75. The van der Waals surface area contributed by atoms with E-state index in [2.05, 4.69) is 15.9 Å². The number of non-ortho nitro benzene ring substituents is 1. The number of ether oxygens (including phenoxy) is 1. The molecule has 0 unspecified atom stereocenters. The van der Waals surface area contributed by atoms with E-state index in [1.165, 1.54) is 42.5 Å². The monoisotopic (exact) mass is 508 g/mol. The van der Waals surface area contributed by atoms with Crippen molar-refractivity contribution >= 4 is 50.9 Å². The minimum absolute atomic E-state index is 0.00376. The maximum Gasteiger partial charge on any atom is 0.338 e. The van der Waals surface area contributed by atoms with Crippen LogP contribution in [0.5, 0.6) is 0 Å². The van der Waals surface area contributed by atoms with Gasteiger partial charge >= 0.3 is 5.97 Å². The van der Waals surface area contributed by atoms with Crippen LogP contribution in [0.4, 0.5) is 11.4 Å². The van der Waals surface area contributed by atoms with Crippen LogP contribution in [0.2, 0.25) is 0 Å². The maximum atomic E-state index is 12.8. The van der Waals surface area contributed by atoms with E-state index in [1.54, 1.807) is 24.3 Å². The molecule has 0 fully saturated rings. The van der Waals surface area contributed by atoms with Gasteiger partial charge in [-0.1, -0.05) is 15.9 Å². The van der Waals surface area contributed by atoms with Gasteiger partial charge in [0.15, 0.2) is 12.4 Å². The van der Waals surface area contributed by atoms with Crippen molar-refractivity contribution in [2.24, 2.45) is 0 Å². The van der Waals surface area contributed by atoms with Crippen LogP contribution in [0.25, 0.3) is 0 Å². The van der Waals surface area contributed by atoms with Crippen molar-refractivity contribution in [2.75, 3.05) is 11.5 Å². The second-order valence-electron chi connectivity index (χ2n) is 6.99. The number of carbonyl (C=O) groups excluding carboxylic acids is 4. The molecular weight excluding hydrogens is 496 g/mol. The first-order valence-electron chi connectivity index (χ1n) is 9.49. The molecule has 33 heavy (non-hydrogen) atoms. The van der Waals surface area contributed by atoms with E-state index in [0.717, 1.165) is 9.37 Å². The van der Waals surface area contributed by atoms with Crippen LogP contribution in [0, 0.1) is 10.1 Å². The number of rotatable bonds is 6. The zero-order chi connectivity index (χ0) is 23.7. The Balaban J connectivity index is 1.47. The van der Waals surface area contributed by atoms with Crippen LogP contribution < -0.4 is 4.90 Å². The third-order valence-electron chi connectivity index (χ3n) is 4.94. The molecule has 0 N–H and O–H groups in total. The maximum absolute atomic E-state index is 12.8. The fourth-order valence-electron chi connectivity index (χ4n) is 3.26. The molecular formula is C23H13BrN2O7. The lowest BCUT2D eigenvalue weighted by atomic mass is 10.1. The van der Waals surface area contributed by atoms with Crippen LogP contribution in [0.1, 0.15) is 41.4 Å². The van der Waals surface area contributed by atoms with Crippen molar-refractivity contribution in [3.63, 3.8) is 0 Å². The van der Waals surface area contributed by atoms with Crippen LogP contribution >= 0.6 is 15.9 Å². The summed E-state index contributed by atoms with van der Waals surface area (Å²) < 4.78 is 5.82. The predicted molar refractivity (Wildman–Crippen MR) is 119 cm³/mol. The topological polar surface area (TPSA) is 124 Å². The molecule has 10 heteroatoms. The van der Waals surface area contributed by atoms with Crippen LogP contribution in [0.15, 0.2) is 71.2 Å². The average molecular weight is 509 g/mol. The van der Waals surface area contributed by atoms with Crippen molar-refractivity contribution in [2.45, 2.75) is 0 Å². The zero-order valence-electron chi connectivity index (χ0n) is 16.7. The Hall–Kier alpha value is -4.18. The van der Waals surface area contributed by atoms with E-state index in [4.69, 9.17) is 4.74 Å². The van der Waals surface area contributed by atoms with E-state index in [1.807, 2.05) is 0 Å². The van der Waals surface area contributed by atoms with Gasteiger partial charge in [-0.25, -0.2) is 9.69 Å². The Morgan fingerprint density at radius 3 is 2.12 bits per heavy atom. The molecule has 3 aromatic carbocycles. The fourth-order valence-corrected chi connectivity index (χ4v) is 3.52. The Labute approximate surface area is 194 Å². The molecule has 0 saturated carbocycles. The van der Waals surface area contributed by atoms with Crippen LogP contribution in [-0.4, -0.2) is 35.1 Å². The highest BCUT2D eigenvalue weighted by molar-refractivity contribution is 9.10. The van der Waals surface area contributed by atoms with E-state index in [9.17, 15) is 29.3 Å². The number of benzene rings is 3. The summed E-state index contributed by atoms with van der Waals surface area (Å²) in [5.41, 5.74) is 0.582. The number of hydrogen-bond donors (Lipinski definition) is 0. The molecule has 0 radical (unpaired) electrons. The number of ketones is 1. The molecule has 2 amide bonds. The molecule has 164 valence electrons. The summed E-state index contributed by atoms with van der Waals surface area (Å²) in [4.78, 5) is 61.3. The molecule has 0 bridgehead atoms. The number of nitro benzene ring substituents is 1. The number of Topliss-reactive ketones (excluding diaryl/α,β-unsaturated/α-hetero) is 1. The van der Waals surface area contributed by atoms with Gasteiger partial charge in [-0.2, -0.15) is 0 Å². The third-order valence-corrected chi connectivity index (χ3v) is 5.47. The first-order chi connectivity index (χ1) is 15.8. The quantitative estimate of drug-likeness (QED) is 0.160. The smallest absolute Gasteiger partial charge is 0.338 e. The van der Waals surface area contributed by atoms with Gasteiger partial charge < -0.3 is 4.74 Å². The van der Waals surface area contributed by atoms with Crippen molar-refractivity contribution < 1.29 is 28.8 Å². The van der Waals surface area contributed by atoms with Crippen LogP contribution in [-0.2, 0) is 4.74 Å². The van der Waals surface area contributed by atoms with Gasteiger partial charge in [0.1, 0.15) is 0 Å². The Bertz CT molecular complexity index is 1320. The van der Waals surface area contributed by atoms with Gasteiger partial charge in [0.25, 0.3) is 17.5 Å². The van der Waals surface area contributed by atoms with E-state index in [-0.39, 0.29) is 27.9 Å². The van der Waals surface area contributed by atoms with Gasteiger partial charge in [0.05, 0.1) is 27.3 Å². The number of imide groups is 1. The number of carbonyl (C=O) groups is 4. The highest BCUT2D eigenvalue weighted by atomic mass is 79.9. The summed E-state index contributed by atoms with van der Waals surface area (Å²) in [7, 11) is 0. The standard InChI is InChI=1S/C23H13BrN2O7/c24-15-4-8-16(9-5-15)25-21(28)18-10-3-14(11-19(18)22(25)29)23(30)33-12-20(27)13-1-6-17(7-2-13)26(31)32/h1-11H,12H2. The molecule has 0 saturated heterocycles. The van der Waals surface area contributed by atoms with Gasteiger partial charge in [0.2, 0.25) is 0 Å². The largest absolute Gasteiger partial charge is 0.454 e. The molecule has 0 aliphatic carbocycles. The van der Waals surface area contributed by atoms with Crippen molar-refractivity contribution in [1.82, 2.24) is 0 Å². The Kier molecular flexibility index (Phi) is 5.84. The zero-order valence-corrected chi connectivity index (χ0v) is 18.3. The number of hydrogen-bond acceptors (Lipinski definition) is 7. The minimum Gasteiger partial charge on any atom is -0.454 e. The molecule has 0 atom stereocenters. The molecule has 4 rings (SSSR count). The lowest BCUT2D eigenvalue weighted by Gasteiger charge is -2.13. The molecule has 1 aliphatic heterocycles. The van der Waals surface area contributed by atoms with Gasteiger partial charge in [-0.3, -0.25) is 24.5 Å². The van der Waals surface area contributed by atoms with E-state index >= 15 is 0 Å². The molecule has 0 spiro atoms. The van der Waals surface area contributed by atoms with E-state index in [0.29, 0.717) is 5.69 Å². The van der Waals surface area contributed by atoms with Crippen molar-refractivity contribution in [3.8, 4) is 0 Å².